The highest BCUT2D eigenvalue weighted by Crippen LogP contribution is 2.10. The van der Waals surface area contributed by atoms with Gasteiger partial charge in [0.15, 0.2) is 0 Å². The van der Waals surface area contributed by atoms with E-state index in [1.165, 1.54) is 6.92 Å². The second-order valence-electron chi connectivity index (χ2n) is 4.07. The fraction of sp³-hybridized carbons (Fsp3) is 0.333. The van der Waals surface area contributed by atoms with Gasteiger partial charge in [0.05, 0.1) is 12.2 Å². The number of nitrogens with two attached hydrogens (primary N) is 1. The van der Waals surface area contributed by atoms with Crippen LogP contribution in [0.3, 0.4) is 0 Å². The number of hydrogen-bond acceptors (Lipinski definition) is 5. The topological polar surface area (TPSA) is 89.6 Å². The van der Waals surface area contributed by atoms with Crippen molar-refractivity contribution in [2.24, 2.45) is 5.73 Å². The number of aryl methyl sites for hydroxylation is 1. The summed E-state index contributed by atoms with van der Waals surface area (Å²) in [6, 6.07) is 6.73. The van der Waals surface area contributed by atoms with E-state index in [-0.39, 0.29) is 0 Å². The average Bonchev–Trinajstić information content (AvgIpc) is 2.29. The van der Waals surface area contributed by atoms with E-state index in [1.54, 1.807) is 31.2 Å². The molecule has 0 unspecified atom stereocenters. The number of carbonyl (C=O) groups is 2. The van der Waals surface area contributed by atoms with Crippen LogP contribution in [0.15, 0.2) is 24.3 Å². The number of aliphatic hydroxyl groups is 1. The minimum atomic E-state index is -1.57. The van der Waals surface area contributed by atoms with E-state index in [4.69, 9.17) is 10.8 Å². The molecule has 0 aromatic heterocycles. The summed E-state index contributed by atoms with van der Waals surface area (Å²) in [5.41, 5.74) is 4.88. The standard InChI is InChI=1S/C12H15NO4/c1-8-5-3-4-6-9(8)10(15)17-11(16)12(2,13)7-14/h3-6,14H,7,13H2,1-2H3/t12-/m0/s1. The maximum Gasteiger partial charge on any atom is 0.346 e. The molecular formula is C12H15NO4. The minimum absolute atomic E-state index is 0.301. The molecule has 0 saturated carbocycles. The van der Waals surface area contributed by atoms with Crippen LogP contribution in [0.5, 0.6) is 0 Å². The van der Waals surface area contributed by atoms with E-state index in [0.29, 0.717) is 11.1 Å². The van der Waals surface area contributed by atoms with Crippen molar-refractivity contribution in [3.8, 4) is 0 Å². The summed E-state index contributed by atoms with van der Waals surface area (Å²) in [5.74, 6) is -1.72. The Bertz CT molecular complexity index is 440. The smallest absolute Gasteiger partial charge is 0.346 e. The third-order valence-corrected chi connectivity index (χ3v) is 2.35. The fourth-order valence-electron chi connectivity index (χ4n) is 1.12. The van der Waals surface area contributed by atoms with Gasteiger partial charge in [0.1, 0.15) is 5.54 Å². The van der Waals surface area contributed by atoms with Crippen molar-refractivity contribution in [2.75, 3.05) is 6.61 Å². The van der Waals surface area contributed by atoms with Crippen molar-refractivity contribution in [2.45, 2.75) is 19.4 Å². The SMILES string of the molecule is Cc1ccccc1C(=O)OC(=O)[C@@](C)(N)CO. The van der Waals surface area contributed by atoms with Gasteiger partial charge in [-0.05, 0) is 25.5 Å². The van der Waals surface area contributed by atoms with Crippen LogP contribution in [0.2, 0.25) is 0 Å². The van der Waals surface area contributed by atoms with Gasteiger partial charge in [-0.3, -0.25) is 0 Å². The molecule has 17 heavy (non-hydrogen) atoms. The molecule has 0 saturated heterocycles. The van der Waals surface area contributed by atoms with Crippen molar-refractivity contribution >= 4 is 11.9 Å². The molecule has 1 aromatic carbocycles. The van der Waals surface area contributed by atoms with Gasteiger partial charge in [-0.25, -0.2) is 9.59 Å². The number of hydrogen-bond donors (Lipinski definition) is 2. The van der Waals surface area contributed by atoms with Gasteiger partial charge in [0.25, 0.3) is 0 Å². The summed E-state index contributed by atoms with van der Waals surface area (Å²) < 4.78 is 4.61. The molecule has 0 bridgehead atoms. The summed E-state index contributed by atoms with van der Waals surface area (Å²) >= 11 is 0. The lowest BCUT2D eigenvalue weighted by atomic mass is 10.1. The third-order valence-electron chi connectivity index (χ3n) is 2.35. The van der Waals surface area contributed by atoms with Gasteiger partial charge in [-0.2, -0.15) is 0 Å². The molecule has 3 N–H and O–H groups in total. The molecule has 1 aromatic rings. The Labute approximate surface area is 99.2 Å². The lowest BCUT2D eigenvalue weighted by molar-refractivity contribution is -0.144. The summed E-state index contributed by atoms with van der Waals surface area (Å²) in [4.78, 5) is 23.1. The molecule has 5 nitrogen and oxygen atoms in total. The number of ether oxygens (including phenoxy) is 1. The fourth-order valence-corrected chi connectivity index (χ4v) is 1.12. The molecule has 0 aliphatic carbocycles. The Morgan fingerprint density at radius 1 is 1.41 bits per heavy atom. The monoisotopic (exact) mass is 237 g/mol. The average molecular weight is 237 g/mol. The van der Waals surface area contributed by atoms with Gasteiger partial charge in [-0.15, -0.1) is 0 Å². The van der Waals surface area contributed by atoms with E-state index in [0.717, 1.165) is 0 Å². The van der Waals surface area contributed by atoms with Crippen LogP contribution in [-0.4, -0.2) is 29.2 Å². The first-order valence-electron chi connectivity index (χ1n) is 5.10. The molecule has 92 valence electrons. The van der Waals surface area contributed by atoms with E-state index in [9.17, 15) is 9.59 Å². The molecule has 0 amide bonds. The highest BCUT2D eigenvalue weighted by atomic mass is 16.6. The Morgan fingerprint density at radius 3 is 2.53 bits per heavy atom. The number of esters is 2. The zero-order valence-corrected chi connectivity index (χ0v) is 9.77. The summed E-state index contributed by atoms with van der Waals surface area (Å²) in [5, 5.41) is 8.87. The number of benzene rings is 1. The molecule has 5 heteroatoms. The van der Waals surface area contributed by atoms with Crippen LogP contribution in [-0.2, 0) is 9.53 Å². The van der Waals surface area contributed by atoms with Crippen LogP contribution in [0.4, 0.5) is 0 Å². The minimum Gasteiger partial charge on any atom is -0.394 e. The molecule has 0 aliphatic rings. The molecule has 0 radical (unpaired) electrons. The van der Waals surface area contributed by atoms with Crippen molar-refractivity contribution in [1.82, 2.24) is 0 Å². The molecule has 0 spiro atoms. The van der Waals surface area contributed by atoms with Crippen molar-refractivity contribution < 1.29 is 19.4 Å². The van der Waals surface area contributed by atoms with Crippen molar-refractivity contribution in [1.29, 1.82) is 0 Å². The predicted molar refractivity (Wildman–Crippen MR) is 61.3 cm³/mol. The maximum absolute atomic E-state index is 11.7. The second-order valence-corrected chi connectivity index (χ2v) is 4.07. The molecule has 0 heterocycles. The Balaban J connectivity index is 2.81. The van der Waals surface area contributed by atoms with Gasteiger partial charge in [-0.1, -0.05) is 18.2 Å². The number of rotatable bonds is 3. The molecule has 0 fully saturated rings. The van der Waals surface area contributed by atoms with Gasteiger partial charge in [0, 0.05) is 0 Å². The van der Waals surface area contributed by atoms with E-state index < -0.39 is 24.1 Å². The number of aliphatic hydroxyl groups excluding tert-OH is 1. The molecular weight excluding hydrogens is 222 g/mol. The van der Waals surface area contributed by atoms with Crippen LogP contribution < -0.4 is 5.73 Å². The van der Waals surface area contributed by atoms with Crippen LogP contribution in [0, 0.1) is 6.92 Å². The van der Waals surface area contributed by atoms with Crippen molar-refractivity contribution in [3.63, 3.8) is 0 Å². The van der Waals surface area contributed by atoms with Crippen LogP contribution in [0.25, 0.3) is 0 Å². The highest BCUT2D eigenvalue weighted by Gasteiger charge is 2.31. The Hall–Kier alpha value is -1.72. The first-order chi connectivity index (χ1) is 7.88. The second kappa shape index (κ2) is 5.07. The molecule has 1 atom stereocenters. The summed E-state index contributed by atoms with van der Waals surface area (Å²) in [6.45, 7) is 2.43. The highest BCUT2D eigenvalue weighted by molar-refractivity contribution is 6.00. The quantitative estimate of drug-likeness (QED) is 0.586. The van der Waals surface area contributed by atoms with Crippen LogP contribution in [0.1, 0.15) is 22.8 Å². The van der Waals surface area contributed by atoms with Crippen LogP contribution >= 0.6 is 0 Å². The molecule has 0 aliphatic heterocycles. The van der Waals surface area contributed by atoms with Crippen molar-refractivity contribution in [3.05, 3.63) is 35.4 Å². The first-order valence-corrected chi connectivity index (χ1v) is 5.10. The number of carbonyl (C=O) groups excluding carboxylic acids is 2. The maximum atomic E-state index is 11.7. The largest absolute Gasteiger partial charge is 0.394 e. The zero-order valence-electron chi connectivity index (χ0n) is 9.77. The van der Waals surface area contributed by atoms with E-state index in [2.05, 4.69) is 4.74 Å². The lowest BCUT2D eigenvalue weighted by Crippen LogP contribution is -2.50. The van der Waals surface area contributed by atoms with Gasteiger partial charge in [0.2, 0.25) is 0 Å². The normalized spacial score (nSPS) is 13.9. The van der Waals surface area contributed by atoms with Gasteiger partial charge < -0.3 is 15.6 Å². The lowest BCUT2D eigenvalue weighted by Gasteiger charge is -2.18. The van der Waals surface area contributed by atoms with E-state index >= 15 is 0 Å². The van der Waals surface area contributed by atoms with E-state index in [1.807, 2.05) is 0 Å². The predicted octanol–water partition coefficient (Wildman–Crippen LogP) is 0.388. The Kier molecular flexibility index (Phi) is 3.98. The summed E-state index contributed by atoms with van der Waals surface area (Å²) in [6.07, 6.45) is 0. The third kappa shape index (κ3) is 3.12. The first kappa shape index (κ1) is 13.3. The Morgan fingerprint density at radius 2 is 2.00 bits per heavy atom. The zero-order chi connectivity index (χ0) is 13.1. The summed E-state index contributed by atoms with van der Waals surface area (Å²) in [7, 11) is 0. The van der Waals surface area contributed by atoms with Gasteiger partial charge >= 0.3 is 11.9 Å². The molecule has 1 rings (SSSR count).